The summed E-state index contributed by atoms with van der Waals surface area (Å²) >= 11 is 0. The normalized spacial score (nSPS) is 14.4. The van der Waals surface area contributed by atoms with Gasteiger partial charge in [0.15, 0.2) is 12.0 Å². The predicted octanol–water partition coefficient (Wildman–Crippen LogP) is 3.58. The van der Waals surface area contributed by atoms with Crippen molar-refractivity contribution in [2.24, 2.45) is 5.92 Å². The molecule has 1 fully saturated rings. The summed E-state index contributed by atoms with van der Waals surface area (Å²) in [5.41, 5.74) is 2.07. The summed E-state index contributed by atoms with van der Waals surface area (Å²) in [5.74, 6) is 1.91. The predicted molar refractivity (Wildman–Crippen MR) is 70.7 cm³/mol. The smallest absolute Gasteiger partial charge is 0.185 e. The van der Waals surface area contributed by atoms with Gasteiger partial charge in [0.1, 0.15) is 5.76 Å². The molecule has 0 saturated heterocycles. The minimum Gasteiger partial charge on any atom is -0.453 e. The van der Waals surface area contributed by atoms with E-state index < -0.39 is 0 Å². The van der Waals surface area contributed by atoms with Crippen LogP contribution in [0.2, 0.25) is 0 Å². The zero-order valence-electron chi connectivity index (χ0n) is 10.1. The van der Waals surface area contributed by atoms with E-state index in [1.807, 2.05) is 30.3 Å². The van der Waals surface area contributed by atoms with E-state index in [1.54, 1.807) is 6.07 Å². The second-order valence-electron chi connectivity index (χ2n) is 4.69. The van der Waals surface area contributed by atoms with Crippen LogP contribution in [0.5, 0.6) is 0 Å². The molecule has 0 amide bonds. The number of para-hydroxylation sites is 1. The molecule has 3 heteroatoms. The van der Waals surface area contributed by atoms with E-state index in [4.69, 9.17) is 4.42 Å². The van der Waals surface area contributed by atoms with E-state index in [0.717, 1.165) is 35.8 Å². The summed E-state index contributed by atoms with van der Waals surface area (Å²) in [4.78, 5) is 10.6. The Morgan fingerprint density at radius 3 is 2.78 bits per heavy atom. The topological polar surface area (TPSA) is 42.2 Å². The maximum absolute atomic E-state index is 10.6. The quantitative estimate of drug-likeness (QED) is 0.813. The van der Waals surface area contributed by atoms with E-state index in [1.165, 1.54) is 12.8 Å². The third-order valence-electron chi connectivity index (χ3n) is 3.21. The molecular formula is C15H15NO2. The van der Waals surface area contributed by atoms with E-state index in [2.05, 4.69) is 5.32 Å². The van der Waals surface area contributed by atoms with Gasteiger partial charge in [-0.1, -0.05) is 12.1 Å². The molecule has 0 atom stereocenters. The average molecular weight is 241 g/mol. The number of nitrogens with one attached hydrogen (secondary N) is 1. The second kappa shape index (κ2) is 4.69. The number of benzene rings is 1. The Labute approximate surface area is 106 Å². The fourth-order valence-electron chi connectivity index (χ4n) is 1.99. The van der Waals surface area contributed by atoms with Crippen molar-refractivity contribution < 1.29 is 9.21 Å². The molecule has 92 valence electrons. The number of furan rings is 1. The molecule has 1 saturated carbocycles. The third kappa shape index (κ3) is 2.30. The van der Waals surface area contributed by atoms with E-state index in [-0.39, 0.29) is 0 Å². The largest absolute Gasteiger partial charge is 0.453 e. The lowest BCUT2D eigenvalue weighted by Gasteiger charge is -2.09. The Bertz CT molecular complexity index is 555. The molecule has 18 heavy (non-hydrogen) atoms. The van der Waals surface area contributed by atoms with E-state index in [0.29, 0.717) is 5.76 Å². The van der Waals surface area contributed by atoms with Crippen molar-refractivity contribution in [3.8, 4) is 11.3 Å². The van der Waals surface area contributed by atoms with Crippen molar-refractivity contribution in [1.82, 2.24) is 0 Å². The maximum Gasteiger partial charge on any atom is 0.185 e. The summed E-state index contributed by atoms with van der Waals surface area (Å²) in [5, 5.41) is 3.45. The highest BCUT2D eigenvalue weighted by Gasteiger charge is 2.21. The van der Waals surface area contributed by atoms with Crippen molar-refractivity contribution in [3.05, 3.63) is 42.2 Å². The molecule has 1 aromatic carbocycles. The lowest BCUT2D eigenvalue weighted by Crippen LogP contribution is -2.03. The first-order chi connectivity index (χ1) is 8.86. The van der Waals surface area contributed by atoms with Crippen molar-refractivity contribution in [3.63, 3.8) is 0 Å². The Hall–Kier alpha value is -2.03. The fraction of sp³-hybridized carbons (Fsp3) is 0.267. The summed E-state index contributed by atoms with van der Waals surface area (Å²) in [7, 11) is 0. The number of hydrogen-bond donors (Lipinski definition) is 1. The molecule has 1 aliphatic carbocycles. The second-order valence-corrected chi connectivity index (χ2v) is 4.69. The number of rotatable bonds is 5. The molecule has 3 nitrogen and oxygen atoms in total. The highest BCUT2D eigenvalue weighted by atomic mass is 16.3. The average Bonchev–Trinajstić information content (AvgIpc) is 3.12. The minimum atomic E-state index is 0.363. The number of carbonyl (C=O) groups is 1. The van der Waals surface area contributed by atoms with Gasteiger partial charge in [-0.05, 0) is 43.0 Å². The first kappa shape index (κ1) is 11.1. The molecule has 0 bridgehead atoms. The van der Waals surface area contributed by atoms with Crippen LogP contribution >= 0.6 is 0 Å². The third-order valence-corrected chi connectivity index (χ3v) is 3.21. The van der Waals surface area contributed by atoms with E-state index in [9.17, 15) is 4.79 Å². The van der Waals surface area contributed by atoms with Gasteiger partial charge in [0.2, 0.25) is 0 Å². The molecule has 0 unspecified atom stereocenters. The van der Waals surface area contributed by atoms with Crippen molar-refractivity contribution >= 4 is 12.0 Å². The molecule has 1 aromatic heterocycles. The summed E-state index contributed by atoms with van der Waals surface area (Å²) in [6.07, 6.45) is 3.38. The van der Waals surface area contributed by atoms with Crippen molar-refractivity contribution in [2.75, 3.05) is 11.9 Å². The van der Waals surface area contributed by atoms with Crippen LogP contribution < -0.4 is 5.32 Å². The van der Waals surface area contributed by atoms with Crippen LogP contribution in [-0.2, 0) is 0 Å². The van der Waals surface area contributed by atoms with Gasteiger partial charge in [0.05, 0.1) is 0 Å². The van der Waals surface area contributed by atoms with Crippen molar-refractivity contribution in [1.29, 1.82) is 0 Å². The Morgan fingerprint density at radius 1 is 1.22 bits per heavy atom. The maximum atomic E-state index is 10.6. The molecule has 0 aliphatic heterocycles. The lowest BCUT2D eigenvalue weighted by atomic mass is 10.1. The van der Waals surface area contributed by atoms with E-state index >= 15 is 0 Å². The molecule has 1 aliphatic rings. The number of anilines is 1. The molecule has 1 N–H and O–H groups in total. The molecule has 0 spiro atoms. The first-order valence-corrected chi connectivity index (χ1v) is 6.25. The van der Waals surface area contributed by atoms with Gasteiger partial charge in [-0.3, -0.25) is 4.79 Å². The zero-order chi connectivity index (χ0) is 12.4. The zero-order valence-corrected chi connectivity index (χ0v) is 10.1. The van der Waals surface area contributed by atoms with Gasteiger partial charge in [-0.25, -0.2) is 0 Å². The highest BCUT2D eigenvalue weighted by Crippen LogP contribution is 2.32. The fourth-order valence-corrected chi connectivity index (χ4v) is 1.99. The van der Waals surface area contributed by atoms with Crippen LogP contribution in [0.1, 0.15) is 23.4 Å². The number of aldehydes is 1. The van der Waals surface area contributed by atoms with Gasteiger partial charge >= 0.3 is 0 Å². The number of carbonyl (C=O) groups excluding carboxylic acids is 1. The Morgan fingerprint density at radius 2 is 2.06 bits per heavy atom. The molecule has 1 heterocycles. The first-order valence-electron chi connectivity index (χ1n) is 6.25. The van der Waals surface area contributed by atoms with Crippen LogP contribution in [0.15, 0.2) is 40.8 Å². The summed E-state index contributed by atoms with van der Waals surface area (Å²) in [6.45, 7) is 1.01. The highest BCUT2D eigenvalue weighted by molar-refractivity contribution is 5.77. The Kier molecular flexibility index (Phi) is 2.89. The van der Waals surface area contributed by atoms with Crippen LogP contribution in [0.3, 0.4) is 0 Å². The molecule has 2 aromatic rings. The monoisotopic (exact) mass is 241 g/mol. The lowest BCUT2D eigenvalue weighted by molar-refractivity contribution is 0.110. The summed E-state index contributed by atoms with van der Waals surface area (Å²) in [6, 6.07) is 11.5. The molecular weight excluding hydrogens is 226 g/mol. The van der Waals surface area contributed by atoms with Gasteiger partial charge in [0.25, 0.3) is 0 Å². The molecule has 3 rings (SSSR count). The van der Waals surface area contributed by atoms with Gasteiger partial charge < -0.3 is 9.73 Å². The van der Waals surface area contributed by atoms with Crippen LogP contribution in [0.4, 0.5) is 5.69 Å². The number of hydrogen-bond acceptors (Lipinski definition) is 3. The van der Waals surface area contributed by atoms with Crippen LogP contribution in [0, 0.1) is 5.92 Å². The molecule has 0 radical (unpaired) electrons. The van der Waals surface area contributed by atoms with Crippen LogP contribution in [0.25, 0.3) is 11.3 Å². The SMILES string of the molecule is O=Cc1ccc(-c2ccccc2NCC2CC2)o1. The Balaban J connectivity index is 1.86. The van der Waals surface area contributed by atoms with Gasteiger partial charge in [0, 0.05) is 17.8 Å². The van der Waals surface area contributed by atoms with Gasteiger partial charge in [-0.2, -0.15) is 0 Å². The standard InChI is InChI=1S/C15H15NO2/c17-10-12-7-8-15(18-12)13-3-1-2-4-14(13)16-9-11-5-6-11/h1-4,7-8,10-11,16H,5-6,9H2. The summed E-state index contributed by atoms with van der Waals surface area (Å²) < 4.78 is 5.47. The van der Waals surface area contributed by atoms with Crippen molar-refractivity contribution in [2.45, 2.75) is 12.8 Å². The van der Waals surface area contributed by atoms with Crippen LogP contribution in [-0.4, -0.2) is 12.8 Å². The minimum absolute atomic E-state index is 0.363. The van der Waals surface area contributed by atoms with Gasteiger partial charge in [-0.15, -0.1) is 0 Å².